The first kappa shape index (κ1) is 20.2. The summed E-state index contributed by atoms with van der Waals surface area (Å²) >= 11 is 11.8. The van der Waals surface area contributed by atoms with Crippen LogP contribution in [0.5, 0.6) is 0 Å². The Kier molecular flexibility index (Phi) is 6.06. The molecular weight excluding hydrogens is 411 g/mol. The summed E-state index contributed by atoms with van der Waals surface area (Å²) in [5.41, 5.74) is 8.02. The number of nitrogens with one attached hydrogen (secondary N) is 2. The SMILES string of the molecule is O=C(c1ccc(Cl)cc1)N1CCN(C(=O)C2CC(c3ccc(Cl)cc3)NN2)CC1. The molecule has 2 heterocycles. The number of hydrazine groups is 1. The Balaban J connectivity index is 1.30. The molecule has 2 aromatic carbocycles. The van der Waals surface area contributed by atoms with Crippen LogP contribution in [0.3, 0.4) is 0 Å². The number of hydrogen-bond acceptors (Lipinski definition) is 4. The van der Waals surface area contributed by atoms with Crippen molar-refractivity contribution in [3.8, 4) is 0 Å². The zero-order valence-corrected chi connectivity index (χ0v) is 17.3. The van der Waals surface area contributed by atoms with Crippen LogP contribution in [0.15, 0.2) is 48.5 Å². The van der Waals surface area contributed by atoms with Crippen molar-refractivity contribution in [2.75, 3.05) is 26.2 Å². The maximum atomic E-state index is 12.9. The highest BCUT2D eigenvalue weighted by molar-refractivity contribution is 6.30. The lowest BCUT2D eigenvalue weighted by atomic mass is 10.0. The molecule has 2 aromatic rings. The van der Waals surface area contributed by atoms with Gasteiger partial charge in [0, 0.05) is 47.8 Å². The van der Waals surface area contributed by atoms with Gasteiger partial charge in [0.05, 0.1) is 0 Å². The summed E-state index contributed by atoms with van der Waals surface area (Å²) in [4.78, 5) is 29.1. The minimum Gasteiger partial charge on any atom is -0.338 e. The summed E-state index contributed by atoms with van der Waals surface area (Å²) in [5.74, 6) is 0.0322. The Labute approximate surface area is 179 Å². The second-order valence-electron chi connectivity index (χ2n) is 7.31. The van der Waals surface area contributed by atoms with E-state index in [0.29, 0.717) is 48.2 Å². The quantitative estimate of drug-likeness (QED) is 0.782. The molecule has 2 atom stereocenters. The third-order valence-corrected chi connectivity index (χ3v) is 5.95. The van der Waals surface area contributed by atoms with E-state index in [1.165, 1.54) is 0 Å². The van der Waals surface area contributed by atoms with Gasteiger partial charge in [-0.15, -0.1) is 0 Å². The normalized spacial score (nSPS) is 22.0. The van der Waals surface area contributed by atoms with E-state index in [9.17, 15) is 9.59 Å². The lowest BCUT2D eigenvalue weighted by Crippen LogP contribution is -2.54. The largest absolute Gasteiger partial charge is 0.338 e. The topological polar surface area (TPSA) is 64.7 Å². The summed E-state index contributed by atoms with van der Waals surface area (Å²) < 4.78 is 0. The Morgan fingerprint density at radius 1 is 0.793 bits per heavy atom. The maximum Gasteiger partial charge on any atom is 0.253 e. The number of amides is 2. The molecule has 4 rings (SSSR count). The summed E-state index contributed by atoms with van der Waals surface area (Å²) in [5, 5.41) is 1.30. The van der Waals surface area contributed by atoms with E-state index in [2.05, 4.69) is 10.9 Å². The van der Waals surface area contributed by atoms with Gasteiger partial charge in [0.2, 0.25) is 5.91 Å². The predicted octanol–water partition coefficient (Wildman–Crippen LogP) is 2.89. The van der Waals surface area contributed by atoms with Gasteiger partial charge in [-0.1, -0.05) is 35.3 Å². The number of carbonyl (C=O) groups excluding carboxylic acids is 2. The van der Waals surface area contributed by atoms with Crippen molar-refractivity contribution < 1.29 is 9.59 Å². The van der Waals surface area contributed by atoms with Crippen molar-refractivity contribution in [2.24, 2.45) is 0 Å². The zero-order valence-electron chi connectivity index (χ0n) is 15.8. The van der Waals surface area contributed by atoms with E-state index in [1.807, 2.05) is 29.2 Å². The molecule has 2 saturated heterocycles. The van der Waals surface area contributed by atoms with E-state index >= 15 is 0 Å². The smallest absolute Gasteiger partial charge is 0.253 e. The Bertz CT molecular complexity index is 881. The molecule has 0 bridgehead atoms. The molecule has 2 fully saturated rings. The highest BCUT2D eigenvalue weighted by Crippen LogP contribution is 2.25. The van der Waals surface area contributed by atoms with E-state index in [1.54, 1.807) is 29.2 Å². The van der Waals surface area contributed by atoms with Crippen LogP contribution in [0.4, 0.5) is 0 Å². The minimum atomic E-state index is -0.283. The first-order chi connectivity index (χ1) is 14.0. The fraction of sp³-hybridized carbons (Fsp3) is 0.333. The lowest BCUT2D eigenvalue weighted by Gasteiger charge is -2.36. The molecule has 6 nitrogen and oxygen atoms in total. The third-order valence-electron chi connectivity index (χ3n) is 5.44. The van der Waals surface area contributed by atoms with Gasteiger partial charge in [0.15, 0.2) is 0 Å². The molecule has 0 saturated carbocycles. The van der Waals surface area contributed by atoms with Crippen molar-refractivity contribution >= 4 is 35.0 Å². The van der Waals surface area contributed by atoms with Gasteiger partial charge in [0.1, 0.15) is 6.04 Å². The van der Waals surface area contributed by atoms with Crippen molar-refractivity contribution in [3.63, 3.8) is 0 Å². The van der Waals surface area contributed by atoms with E-state index in [0.717, 1.165) is 5.56 Å². The number of benzene rings is 2. The van der Waals surface area contributed by atoms with E-state index < -0.39 is 0 Å². The monoisotopic (exact) mass is 432 g/mol. The Morgan fingerprint density at radius 3 is 1.97 bits per heavy atom. The van der Waals surface area contributed by atoms with Gasteiger partial charge >= 0.3 is 0 Å². The number of hydrogen-bond donors (Lipinski definition) is 2. The number of halogens is 2. The van der Waals surface area contributed by atoms with Gasteiger partial charge in [-0.3, -0.25) is 9.59 Å². The standard InChI is InChI=1S/C21H22Cl2N4O2/c22-16-5-1-14(2-6-16)18-13-19(25-24-18)21(29)27-11-9-26(10-12-27)20(28)15-3-7-17(23)8-4-15/h1-8,18-19,24-25H,9-13H2. The van der Waals surface area contributed by atoms with E-state index in [-0.39, 0.29) is 23.9 Å². The average Bonchev–Trinajstić information content (AvgIpc) is 3.24. The third kappa shape index (κ3) is 4.56. The number of piperazine rings is 1. The zero-order chi connectivity index (χ0) is 20.4. The molecule has 2 N–H and O–H groups in total. The van der Waals surface area contributed by atoms with Crippen molar-refractivity contribution in [2.45, 2.75) is 18.5 Å². The molecule has 0 aromatic heterocycles. The molecule has 2 amide bonds. The molecule has 0 radical (unpaired) electrons. The van der Waals surface area contributed by atoms with Crippen LogP contribution in [-0.2, 0) is 4.79 Å². The van der Waals surface area contributed by atoms with Gasteiger partial charge < -0.3 is 9.80 Å². The molecule has 0 aliphatic carbocycles. The van der Waals surface area contributed by atoms with Gasteiger partial charge in [-0.05, 0) is 48.4 Å². The molecule has 29 heavy (non-hydrogen) atoms. The molecule has 2 aliphatic heterocycles. The summed E-state index contributed by atoms with van der Waals surface area (Å²) in [7, 11) is 0. The van der Waals surface area contributed by atoms with Crippen molar-refractivity contribution in [1.29, 1.82) is 0 Å². The molecular formula is C21H22Cl2N4O2. The van der Waals surface area contributed by atoms with Gasteiger partial charge in [-0.2, -0.15) is 0 Å². The summed E-state index contributed by atoms with van der Waals surface area (Å²) in [6.07, 6.45) is 0.671. The first-order valence-electron chi connectivity index (χ1n) is 9.61. The number of rotatable bonds is 3. The fourth-order valence-electron chi connectivity index (χ4n) is 3.76. The molecule has 0 spiro atoms. The van der Waals surface area contributed by atoms with Crippen LogP contribution >= 0.6 is 23.2 Å². The first-order valence-corrected chi connectivity index (χ1v) is 10.4. The van der Waals surface area contributed by atoms with Crippen LogP contribution in [0.25, 0.3) is 0 Å². The molecule has 2 aliphatic rings. The second-order valence-corrected chi connectivity index (χ2v) is 8.18. The summed E-state index contributed by atoms with van der Waals surface area (Å²) in [6, 6.07) is 14.3. The fourth-order valence-corrected chi connectivity index (χ4v) is 4.01. The number of carbonyl (C=O) groups is 2. The average molecular weight is 433 g/mol. The van der Waals surface area contributed by atoms with Crippen molar-refractivity contribution in [1.82, 2.24) is 20.7 Å². The van der Waals surface area contributed by atoms with Crippen LogP contribution in [0.2, 0.25) is 10.0 Å². The van der Waals surface area contributed by atoms with Gasteiger partial charge in [-0.25, -0.2) is 10.9 Å². The predicted molar refractivity (Wildman–Crippen MR) is 113 cm³/mol. The maximum absolute atomic E-state index is 12.9. The minimum absolute atomic E-state index is 0.0303. The van der Waals surface area contributed by atoms with Crippen LogP contribution in [0.1, 0.15) is 28.4 Å². The summed E-state index contributed by atoms with van der Waals surface area (Å²) in [6.45, 7) is 2.10. The van der Waals surface area contributed by atoms with Crippen LogP contribution in [-0.4, -0.2) is 53.8 Å². The molecule has 152 valence electrons. The molecule has 8 heteroatoms. The highest BCUT2D eigenvalue weighted by Gasteiger charge is 2.34. The van der Waals surface area contributed by atoms with Crippen LogP contribution < -0.4 is 10.9 Å². The molecule has 2 unspecified atom stereocenters. The number of nitrogens with zero attached hydrogens (tertiary/aromatic N) is 2. The van der Waals surface area contributed by atoms with E-state index in [4.69, 9.17) is 23.2 Å². The van der Waals surface area contributed by atoms with Crippen molar-refractivity contribution in [3.05, 3.63) is 69.7 Å². The lowest BCUT2D eigenvalue weighted by molar-refractivity contribution is -0.134. The Morgan fingerprint density at radius 2 is 1.34 bits per heavy atom. The second kappa shape index (κ2) is 8.71. The van der Waals surface area contributed by atoms with Gasteiger partial charge in [0.25, 0.3) is 5.91 Å². The highest BCUT2D eigenvalue weighted by atomic mass is 35.5. The Hall–Kier alpha value is -2.12. The van der Waals surface area contributed by atoms with Crippen LogP contribution in [0, 0.1) is 0 Å².